The number of thiophene rings is 1. The Labute approximate surface area is 168 Å². The van der Waals surface area contributed by atoms with Crippen molar-refractivity contribution in [3.63, 3.8) is 0 Å². The van der Waals surface area contributed by atoms with Gasteiger partial charge in [0.1, 0.15) is 6.04 Å². The summed E-state index contributed by atoms with van der Waals surface area (Å²) in [6.45, 7) is 3.96. The zero-order valence-corrected chi connectivity index (χ0v) is 17.4. The molecule has 0 radical (unpaired) electrons. The highest BCUT2D eigenvalue weighted by atomic mass is 32.2. The summed E-state index contributed by atoms with van der Waals surface area (Å²) in [5, 5.41) is 0. The number of rotatable bonds is 5. The van der Waals surface area contributed by atoms with Crippen LogP contribution in [0.3, 0.4) is 0 Å². The second kappa shape index (κ2) is 8.76. The zero-order chi connectivity index (χ0) is 19.4. The molecular weight excluding hydrogens is 376 g/mol. The van der Waals surface area contributed by atoms with Crippen LogP contribution < -0.4 is 0 Å². The minimum atomic E-state index is -0.372. The molecule has 27 heavy (non-hydrogen) atoms. The standard InChI is InChI=1S/C21H24N2O2S2/c1-15(2)22(3)21(25)18-13-26-14-23(18)20(24)12-10-17-9-11-19(27-17)16-7-5-4-6-8-16/h4-12,15,18H,13-14H2,1-3H3/b12-10-/t18-/m0/s1. The molecule has 1 aromatic carbocycles. The van der Waals surface area contributed by atoms with Gasteiger partial charge in [-0.2, -0.15) is 0 Å². The molecule has 0 aliphatic carbocycles. The molecule has 1 aliphatic heterocycles. The third-order valence-corrected chi connectivity index (χ3v) is 6.76. The van der Waals surface area contributed by atoms with E-state index in [2.05, 4.69) is 18.2 Å². The molecule has 2 aromatic rings. The number of hydrogen-bond donors (Lipinski definition) is 0. The van der Waals surface area contributed by atoms with E-state index in [4.69, 9.17) is 0 Å². The summed E-state index contributed by atoms with van der Waals surface area (Å²) in [6, 6.07) is 14.0. The lowest BCUT2D eigenvalue weighted by Gasteiger charge is -2.29. The Kier molecular flexibility index (Phi) is 6.39. The number of hydrogen-bond acceptors (Lipinski definition) is 4. The molecule has 2 amide bonds. The van der Waals surface area contributed by atoms with Crippen molar-refractivity contribution in [2.75, 3.05) is 18.7 Å². The van der Waals surface area contributed by atoms with Gasteiger partial charge in [0.25, 0.3) is 0 Å². The summed E-state index contributed by atoms with van der Waals surface area (Å²) >= 11 is 3.27. The van der Waals surface area contributed by atoms with Crippen LogP contribution in [-0.4, -0.2) is 52.4 Å². The van der Waals surface area contributed by atoms with Crippen LogP contribution in [0.2, 0.25) is 0 Å². The van der Waals surface area contributed by atoms with Gasteiger partial charge in [-0.1, -0.05) is 30.3 Å². The van der Waals surface area contributed by atoms with Crippen LogP contribution in [0.1, 0.15) is 18.7 Å². The van der Waals surface area contributed by atoms with Crippen LogP contribution in [0.15, 0.2) is 48.5 Å². The normalized spacial score (nSPS) is 17.0. The first-order valence-electron chi connectivity index (χ1n) is 8.95. The van der Waals surface area contributed by atoms with Gasteiger partial charge >= 0.3 is 0 Å². The molecule has 3 rings (SSSR count). The lowest BCUT2D eigenvalue weighted by molar-refractivity contribution is -0.141. The monoisotopic (exact) mass is 400 g/mol. The molecule has 1 fully saturated rings. The van der Waals surface area contributed by atoms with E-state index < -0.39 is 0 Å². The molecule has 0 unspecified atom stereocenters. The number of nitrogens with zero attached hydrogens (tertiary/aromatic N) is 2. The van der Waals surface area contributed by atoms with Crippen molar-refractivity contribution >= 4 is 41.0 Å². The molecule has 0 saturated carbocycles. The smallest absolute Gasteiger partial charge is 0.247 e. The fourth-order valence-corrected chi connectivity index (χ4v) is 4.87. The molecule has 1 aliphatic rings. The predicted octanol–water partition coefficient (Wildman–Crippen LogP) is 4.20. The Morgan fingerprint density at radius 1 is 1.19 bits per heavy atom. The van der Waals surface area contributed by atoms with Crippen molar-refractivity contribution in [3.05, 3.63) is 53.4 Å². The van der Waals surface area contributed by atoms with E-state index in [-0.39, 0.29) is 23.9 Å². The van der Waals surface area contributed by atoms with E-state index in [0.717, 1.165) is 4.88 Å². The van der Waals surface area contributed by atoms with Gasteiger partial charge in [0.15, 0.2) is 0 Å². The highest BCUT2D eigenvalue weighted by Crippen LogP contribution is 2.29. The first-order valence-corrected chi connectivity index (χ1v) is 10.9. The predicted molar refractivity (Wildman–Crippen MR) is 115 cm³/mol. The maximum absolute atomic E-state index is 12.7. The quantitative estimate of drug-likeness (QED) is 0.707. The molecule has 1 atom stereocenters. The van der Waals surface area contributed by atoms with E-state index in [0.29, 0.717) is 11.6 Å². The third kappa shape index (κ3) is 4.62. The minimum Gasteiger partial charge on any atom is -0.342 e. The lowest BCUT2D eigenvalue weighted by atomic mass is 10.2. The molecule has 0 bridgehead atoms. The maximum Gasteiger partial charge on any atom is 0.247 e. The lowest BCUT2D eigenvalue weighted by Crippen LogP contribution is -2.49. The summed E-state index contributed by atoms with van der Waals surface area (Å²) in [4.78, 5) is 30.9. The Hall–Kier alpha value is -2.05. The third-order valence-electron chi connectivity index (χ3n) is 4.65. The average molecular weight is 401 g/mol. The minimum absolute atomic E-state index is 0.0132. The Balaban J connectivity index is 1.68. The first kappa shape index (κ1) is 19.7. The van der Waals surface area contributed by atoms with Gasteiger partial charge in [0, 0.05) is 34.7 Å². The summed E-state index contributed by atoms with van der Waals surface area (Å²) in [6.07, 6.45) is 3.43. The van der Waals surface area contributed by atoms with Gasteiger partial charge in [-0.15, -0.1) is 23.1 Å². The molecule has 0 N–H and O–H groups in total. The van der Waals surface area contributed by atoms with E-state index in [1.165, 1.54) is 10.4 Å². The average Bonchev–Trinajstić information content (AvgIpc) is 3.35. The molecule has 142 valence electrons. The molecule has 4 nitrogen and oxygen atoms in total. The van der Waals surface area contributed by atoms with Crippen molar-refractivity contribution in [3.8, 4) is 10.4 Å². The second-order valence-electron chi connectivity index (χ2n) is 6.77. The van der Waals surface area contributed by atoms with Gasteiger partial charge in [-0.25, -0.2) is 0 Å². The SMILES string of the molecule is CC(C)N(C)C(=O)[C@@H]1CSCN1C(=O)/C=C\c1ccc(-c2ccccc2)s1. The molecule has 0 spiro atoms. The van der Waals surface area contributed by atoms with Gasteiger partial charge < -0.3 is 9.80 Å². The van der Waals surface area contributed by atoms with Crippen LogP contribution in [0.25, 0.3) is 16.5 Å². The van der Waals surface area contributed by atoms with Crippen LogP contribution in [-0.2, 0) is 9.59 Å². The van der Waals surface area contributed by atoms with Gasteiger partial charge in [-0.05, 0) is 37.6 Å². The number of thioether (sulfide) groups is 1. The molecule has 6 heteroatoms. The van der Waals surface area contributed by atoms with Crippen LogP contribution in [0, 0.1) is 0 Å². The highest BCUT2D eigenvalue weighted by Gasteiger charge is 2.35. The topological polar surface area (TPSA) is 40.6 Å². The number of benzene rings is 1. The van der Waals surface area contributed by atoms with Crippen LogP contribution in [0.4, 0.5) is 0 Å². The van der Waals surface area contributed by atoms with Crippen LogP contribution >= 0.6 is 23.1 Å². The van der Waals surface area contributed by atoms with E-state index in [1.54, 1.807) is 46.0 Å². The number of carbonyl (C=O) groups excluding carboxylic acids is 2. The summed E-state index contributed by atoms with van der Waals surface area (Å²) in [7, 11) is 1.80. The fourth-order valence-electron chi connectivity index (χ4n) is 2.80. The van der Waals surface area contributed by atoms with Crippen molar-refractivity contribution in [1.29, 1.82) is 0 Å². The highest BCUT2D eigenvalue weighted by molar-refractivity contribution is 7.99. The van der Waals surface area contributed by atoms with Gasteiger partial charge in [0.2, 0.25) is 11.8 Å². The van der Waals surface area contributed by atoms with Crippen molar-refractivity contribution in [2.24, 2.45) is 0 Å². The molecule has 1 saturated heterocycles. The van der Waals surface area contributed by atoms with Crippen molar-refractivity contribution < 1.29 is 9.59 Å². The maximum atomic E-state index is 12.7. The molecular formula is C21H24N2O2S2. The second-order valence-corrected chi connectivity index (χ2v) is 8.88. The zero-order valence-electron chi connectivity index (χ0n) is 15.8. The van der Waals surface area contributed by atoms with Gasteiger partial charge in [0.05, 0.1) is 5.88 Å². The largest absolute Gasteiger partial charge is 0.342 e. The Bertz CT molecular complexity index is 830. The van der Waals surface area contributed by atoms with Gasteiger partial charge in [-0.3, -0.25) is 9.59 Å². The van der Waals surface area contributed by atoms with E-state index >= 15 is 0 Å². The summed E-state index contributed by atoms with van der Waals surface area (Å²) < 4.78 is 0. The molecule has 1 aromatic heterocycles. The number of amides is 2. The van der Waals surface area contributed by atoms with Crippen molar-refractivity contribution in [2.45, 2.75) is 25.9 Å². The van der Waals surface area contributed by atoms with E-state index in [1.807, 2.05) is 44.2 Å². The summed E-state index contributed by atoms with van der Waals surface area (Å²) in [5.41, 5.74) is 1.17. The summed E-state index contributed by atoms with van der Waals surface area (Å²) in [5.74, 6) is 1.13. The Morgan fingerprint density at radius 2 is 1.93 bits per heavy atom. The van der Waals surface area contributed by atoms with E-state index in [9.17, 15) is 9.59 Å². The fraction of sp³-hybridized carbons (Fsp3) is 0.333. The van der Waals surface area contributed by atoms with Crippen LogP contribution in [0.5, 0.6) is 0 Å². The number of likely N-dealkylation sites (N-methyl/N-ethyl adjacent to an activating group) is 1. The number of carbonyl (C=O) groups is 2. The first-order chi connectivity index (χ1) is 13.0. The van der Waals surface area contributed by atoms with Crippen molar-refractivity contribution in [1.82, 2.24) is 9.80 Å². The molecule has 2 heterocycles. The Morgan fingerprint density at radius 3 is 2.63 bits per heavy atom.